The lowest BCUT2D eigenvalue weighted by Crippen LogP contribution is -2.40. The third-order valence-electron chi connectivity index (χ3n) is 2.12. The Bertz CT molecular complexity index is 306. The number of rotatable bonds is 6. The summed E-state index contributed by atoms with van der Waals surface area (Å²) in [6, 6.07) is 0. The fraction of sp³-hybridized carbons (Fsp3) is 0.667. The molecule has 0 heterocycles. The molecular formula is C12H21NO4. The van der Waals surface area contributed by atoms with Crippen LogP contribution in [-0.2, 0) is 9.59 Å². The van der Waals surface area contributed by atoms with Gasteiger partial charge in [-0.15, -0.1) is 0 Å². The largest absolute Gasteiger partial charge is 0.481 e. The van der Waals surface area contributed by atoms with Gasteiger partial charge in [-0.3, -0.25) is 9.59 Å². The summed E-state index contributed by atoms with van der Waals surface area (Å²) in [6.45, 7) is 6.92. The number of allylic oxidation sites excluding steroid dienone is 1. The number of aliphatic carboxylic acids is 1. The number of amides is 1. The van der Waals surface area contributed by atoms with Gasteiger partial charge in [-0.1, -0.05) is 12.5 Å². The van der Waals surface area contributed by atoms with E-state index in [1.165, 1.54) is 17.9 Å². The molecule has 2 unspecified atom stereocenters. The van der Waals surface area contributed by atoms with Crippen LogP contribution in [0, 0.1) is 5.92 Å². The zero-order valence-electron chi connectivity index (χ0n) is 10.8. The molecule has 1 amide bonds. The molecule has 0 aliphatic rings. The highest BCUT2D eigenvalue weighted by molar-refractivity contribution is 5.88. The second kappa shape index (κ2) is 7.06. The van der Waals surface area contributed by atoms with Crippen LogP contribution in [0.15, 0.2) is 11.6 Å². The van der Waals surface area contributed by atoms with Crippen LogP contribution in [0.4, 0.5) is 0 Å². The van der Waals surface area contributed by atoms with E-state index in [9.17, 15) is 14.7 Å². The quantitative estimate of drug-likeness (QED) is 0.679. The van der Waals surface area contributed by atoms with Crippen LogP contribution in [0.5, 0.6) is 0 Å². The number of aliphatic hydroxyl groups is 1. The molecule has 0 radical (unpaired) electrons. The van der Waals surface area contributed by atoms with Crippen LogP contribution in [-0.4, -0.2) is 46.2 Å². The number of hydrogen-bond donors (Lipinski definition) is 2. The average molecular weight is 243 g/mol. The van der Waals surface area contributed by atoms with Gasteiger partial charge in [-0.25, -0.2) is 0 Å². The normalized spacial score (nSPS) is 13.7. The number of carbonyl (C=O) groups excluding carboxylic acids is 1. The molecule has 98 valence electrons. The number of hydrogen-bond acceptors (Lipinski definition) is 3. The van der Waals surface area contributed by atoms with Crippen LogP contribution in [0.1, 0.15) is 27.7 Å². The fourth-order valence-corrected chi connectivity index (χ4v) is 1.32. The zero-order chi connectivity index (χ0) is 13.6. The highest BCUT2D eigenvalue weighted by Crippen LogP contribution is 2.04. The van der Waals surface area contributed by atoms with E-state index in [-0.39, 0.29) is 19.0 Å². The Morgan fingerprint density at radius 1 is 1.24 bits per heavy atom. The van der Waals surface area contributed by atoms with Crippen molar-refractivity contribution in [1.29, 1.82) is 0 Å². The number of carboxylic acid groups (broad SMARTS) is 1. The molecule has 0 aromatic heterocycles. The van der Waals surface area contributed by atoms with Crippen LogP contribution < -0.4 is 0 Å². The van der Waals surface area contributed by atoms with Crippen molar-refractivity contribution in [2.24, 2.45) is 5.92 Å². The van der Waals surface area contributed by atoms with Gasteiger partial charge in [0.25, 0.3) is 0 Å². The topological polar surface area (TPSA) is 77.8 Å². The van der Waals surface area contributed by atoms with E-state index in [0.717, 1.165) is 5.57 Å². The maximum Gasteiger partial charge on any atom is 0.308 e. The Morgan fingerprint density at radius 2 is 1.76 bits per heavy atom. The molecule has 0 aliphatic heterocycles. The molecule has 0 spiro atoms. The summed E-state index contributed by atoms with van der Waals surface area (Å²) < 4.78 is 0. The molecule has 0 rings (SSSR count). The van der Waals surface area contributed by atoms with Gasteiger partial charge in [0.1, 0.15) is 0 Å². The van der Waals surface area contributed by atoms with Crippen molar-refractivity contribution in [3.63, 3.8) is 0 Å². The number of nitrogens with zero attached hydrogens (tertiary/aromatic N) is 1. The molecule has 2 atom stereocenters. The number of carbonyl (C=O) groups is 2. The van der Waals surface area contributed by atoms with E-state index >= 15 is 0 Å². The van der Waals surface area contributed by atoms with Gasteiger partial charge >= 0.3 is 5.97 Å². The van der Waals surface area contributed by atoms with Crippen LogP contribution >= 0.6 is 0 Å². The van der Waals surface area contributed by atoms with Gasteiger partial charge in [0.05, 0.1) is 12.0 Å². The Kier molecular flexibility index (Phi) is 6.50. The van der Waals surface area contributed by atoms with Crippen molar-refractivity contribution in [3.05, 3.63) is 11.6 Å². The predicted octanol–water partition coefficient (Wildman–Crippen LogP) is 0.883. The minimum atomic E-state index is -0.953. The van der Waals surface area contributed by atoms with Crippen molar-refractivity contribution < 1.29 is 19.8 Å². The Labute approximate surface area is 102 Å². The van der Waals surface area contributed by atoms with Gasteiger partial charge in [0.15, 0.2) is 0 Å². The van der Waals surface area contributed by atoms with Crippen molar-refractivity contribution in [2.45, 2.75) is 33.8 Å². The maximum atomic E-state index is 11.8. The molecule has 2 N–H and O–H groups in total. The zero-order valence-corrected chi connectivity index (χ0v) is 10.8. The van der Waals surface area contributed by atoms with Crippen LogP contribution in [0.2, 0.25) is 0 Å². The van der Waals surface area contributed by atoms with E-state index in [1.807, 2.05) is 0 Å². The summed E-state index contributed by atoms with van der Waals surface area (Å²) in [7, 11) is 0. The first-order valence-electron chi connectivity index (χ1n) is 5.58. The van der Waals surface area contributed by atoms with Gasteiger partial charge in [-0.2, -0.15) is 0 Å². The first kappa shape index (κ1) is 15.6. The lowest BCUT2D eigenvalue weighted by Gasteiger charge is -2.24. The molecular weight excluding hydrogens is 222 g/mol. The van der Waals surface area contributed by atoms with Crippen molar-refractivity contribution in [2.75, 3.05) is 13.1 Å². The Morgan fingerprint density at radius 3 is 2.12 bits per heavy atom. The summed E-state index contributed by atoms with van der Waals surface area (Å²) in [5.41, 5.74) is 0.841. The Hall–Kier alpha value is -1.36. The molecule has 5 heteroatoms. The third kappa shape index (κ3) is 6.73. The predicted molar refractivity (Wildman–Crippen MR) is 64.5 cm³/mol. The molecule has 0 aromatic rings. The first-order chi connectivity index (χ1) is 7.73. The number of aliphatic hydroxyl groups excluding tert-OH is 1. The van der Waals surface area contributed by atoms with Crippen molar-refractivity contribution >= 4 is 11.9 Å². The second-order valence-electron chi connectivity index (χ2n) is 4.55. The molecule has 17 heavy (non-hydrogen) atoms. The molecule has 0 bridgehead atoms. The highest BCUT2D eigenvalue weighted by atomic mass is 16.4. The third-order valence-corrected chi connectivity index (χ3v) is 2.12. The summed E-state index contributed by atoms with van der Waals surface area (Å²) in [6.07, 6.45) is 0.766. The molecule has 0 fully saturated rings. The van der Waals surface area contributed by atoms with Crippen molar-refractivity contribution in [1.82, 2.24) is 4.90 Å². The summed E-state index contributed by atoms with van der Waals surface area (Å²) in [4.78, 5) is 23.9. The minimum absolute atomic E-state index is 0.100. The van der Waals surface area contributed by atoms with E-state index in [0.29, 0.717) is 0 Å². The van der Waals surface area contributed by atoms with Crippen LogP contribution in [0.3, 0.4) is 0 Å². The lowest BCUT2D eigenvalue weighted by molar-refractivity contribution is -0.142. The monoisotopic (exact) mass is 243 g/mol. The fourth-order valence-electron chi connectivity index (χ4n) is 1.32. The van der Waals surface area contributed by atoms with E-state index in [1.54, 1.807) is 20.8 Å². The smallest absolute Gasteiger partial charge is 0.308 e. The second-order valence-corrected chi connectivity index (χ2v) is 4.55. The molecule has 0 aromatic carbocycles. The van der Waals surface area contributed by atoms with Gasteiger partial charge < -0.3 is 15.1 Å². The first-order valence-corrected chi connectivity index (χ1v) is 5.58. The molecule has 0 saturated carbocycles. The molecule has 0 aliphatic carbocycles. The maximum absolute atomic E-state index is 11.8. The Balaban J connectivity index is 4.70. The van der Waals surface area contributed by atoms with Gasteiger partial charge in [0, 0.05) is 19.2 Å². The van der Waals surface area contributed by atoms with E-state index in [2.05, 4.69) is 0 Å². The summed E-state index contributed by atoms with van der Waals surface area (Å²) in [5.74, 6) is -1.87. The molecule has 0 saturated heterocycles. The van der Waals surface area contributed by atoms with Crippen LogP contribution in [0.25, 0.3) is 0 Å². The number of carboxylic acids is 1. The SMILES string of the molecule is CC(C)=CC(=O)N(CC(C)O)CC(C)C(=O)O. The minimum Gasteiger partial charge on any atom is -0.481 e. The standard InChI is InChI=1S/C12H21NO4/c1-8(2)5-11(15)13(7-10(4)14)6-9(3)12(16)17/h5,9-10,14H,6-7H2,1-4H3,(H,16,17). The summed E-state index contributed by atoms with van der Waals surface area (Å²) in [5, 5.41) is 18.1. The highest BCUT2D eigenvalue weighted by Gasteiger charge is 2.20. The average Bonchev–Trinajstić information content (AvgIpc) is 2.14. The van der Waals surface area contributed by atoms with Crippen molar-refractivity contribution in [3.8, 4) is 0 Å². The molecule has 5 nitrogen and oxygen atoms in total. The van der Waals surface area contributed by atoms with Gasteiger partial charge in [0.2, 0.25) is 5.91 Å². The van der Waals surface area contributed by atoms with E-state index < -0.39 is 18.0 Å². The summed E-state index contributed by atoms with van der Waals surface area (Å²) >= 11 is 0. The van der Waals surface area contributed by atoms with Gasteiger partial charge in [-0.05, 0) is 20.8 Å². The van der Waals surface area contributed by atoms with E-state index in [4.69, 9.17) is 5.11 Å². The lowest BCUT2D eigenvalue weighted by atomic mass is 10.1.